The van der Waals surface area contributed by atoms with Crippen LogP contribution in [0.2, 0.25) is 0 Å². The third kappa shape index (κ3) is 3.57. The van der Waals surface area contributed by atoms with Gasteiger partial charge in [0.25, 0.3) is 5.56 Å². The molecule has 2 aromatic heterocycles. The molecule has 2 heterocycles. The quantitative estimate of drug-likeness (QED) is 0.544. The second-order valence-electron chi connectivity index (χ2n) is 6.69. The maximum atomic E-state index is 11.7. The van der Waals surface area contributed by atoms with Crippen LogP contribution in [0.15, 0.2) is 70.0 Å². The number of aryl methyl sites for hydroxylation is 1. The van der Waals surface area contributed by atoms with Crippen molar-refractivity contribution in [2.24, 2.45) is 0 Å². The summed E-state index contributed by atoms with van der Waals surface area (Å²) in [4.78, 5) is 14.4. The molecule has 6 nitrogen and oxygen atoms in total. The van der Waals surface area contributed by atoms with Gasteiger partial charge in [-0.3, -0.25) is 9.52 Å². The topological polar surface area (TPSA) is 92.2 Å². The van der Waals surface area contributed by atoms with Crippen LogP contribution in [0.4, 0.5) is 5.69 Å². The zero-order valence-electron chi connectivity index (χ0n) is 15.3. The molecule has 2 aromatic carbocycles. The zero-order valence-corrected chi connectivity index (χ0v) is 16.1. The molecule has 7 heteroatoms. The van der Waals surface area contributed by atoms with Gasteiger partial charge in [0.2, 0.25) is 10.0 Å². The molecule has 0 saturated carbocycles. The summed E-state index contributed by atoms with van der Waals surface area (Å²) in [6.45, 7) is 1.72. The van der Waals surface area contributed by atoms with Crippen LogP contribution < -0.4 is 10.3 Å². The Morgan fingerprint density at radius 2 is 1.75 bits per heavy atom. The summed E-state index contributed by atoms with van der Waals surface area (Å²) in [5.74, 6) is 0.675. The highest BCUT2D eigenvalue weighted by Gasteiger charge is 2.15. The van der Waals surface area contributed by atoms with E-state index in [0.29, 0.717) is 28.2 Å². The highest BCUT2D eigenvalue weighted by atomic mass is 32.2. The van der Waals surface area contributed by atoms with E-state index in [0.717, 1.165) is 22.8 Å². The van der Waals surface area contributed by atoms with Gasteiger partial charge in [0.15, 0.2) is 0 Å². The SMILES string of the molecule is Cc1cc(-c2cc(NS(C)(=O)=O)cc3cc(-c4ccccc4)oc23)c[nH]c1=O. The third-order valence-electron chi connectivity index (χ3n) is 4.38. The maximum Gasteiger partial charge on any atom is 0.250 e. The van der Waals surface area contributed by atoms with E-state index < -0.39 is 10.0 Å². The fourth-order valence-electron chi connectivity index (χ4n) is 3.14. The normalized spacial score (nSPS) is 11.6. The van der Waals surface area contributed by atoms with Crippen LogP contribution in [0.25, 0.3) is 33.4 Å². The summed E-state index contributed by atoms with van der Waals surface area (Å²) in [6.07, 6.45) is 2.70. The number of fused-ring (bicyclic) bond motifs is 1. The molecule has 0 bridgehead atoms. The van der Waals surface area contributed by atoms with Gasteiger partial charge >= 0.3 is 0 Å². The minimum atomic E-state index is -3.44. The molecule has 0 aliphatic heterocycles. The summed E-state index contributed by atoms with van der Waals surface area (Å²) >= 11 is 0. The number of pyridine rings is 1. The summed E-state index contributed by atoms with van der Waals surface area (Å²) in [5.41, 5.74) is 3.76. The molecule has 0 radical (unpaired) electrons. The molecule has 0 saturated heterocycles. The molecule has 0 aliphatic rings. The second-order valence-corrected chi connectivity index (χ2v) is 8.44. The Morgan fingerprint density at radius 1 is 1.00 bits per heavy atom. The van der Waals surface area contributed by atoms with Crippen LogP contribution in [0, 0.1) is 6.92 Å². The Kier molecular flexibility index (Phi) is 4.31. The predicted octanol–water partition coefficient (Wildman–Crippen LogP) is 4.14. The first-order valence-corrected chi connectivity index (χ1v) is 10.5. The lowest BCUT2D eigenvalue weighted by Crippen LogP contribution is -2.10. The van der Waals surface area contributed by atoms with Gasteiger partial charge in [0, 0.05) is 39.5 Å². The number of aromatic amines is 1. The number of benzene rings is 2. The van der Waals surface area contributed by atoms with Crippen molar-refractivity contribution < 1.29 is 12.8 Å². The van der Waals surface area contributed by atoms with Crippen LogP contribution in [-0.4, -0.2) is 19.7 Å². The van der Waals surface area contributed by atoms with E-state index in [1.165, 1.54) is 0 Å². The number of nitrogens with one attached hydrogen (secondary N) is 2. The van der Waals surface area contributed by atoms with Gasteiger partial charge < -0.3 is 9.40 Å². The van der Waals surface area contributed by atoms with E-state index in [1.807, 2.05) is 36.4 Å². The van der Waals surface area contributed by atoms with Crippen molar-refractivity contribution in [1.29, 1.82) is 0 Å². The van der Waals surface area contributed by atoms with E-state index >= 15 is 0 Å². The first kappa shape index (κ1) is 18.1. The fraction of sp³-hybridized carbons (Fsp3) is 0.0952. The number of hydrogen-bond acceptors (Lipinski definition) is 4. The molecule has 2 N–H and O–H groups in total. The Bertz CT molecular complexity index is 1340. The molecular weight excluding hydrogens is 376 g/mol. The van der Waals surface area contributed by atoms with Gasteiger partial charge in [0.05, 0.1) is 6.26 Å². The van der Waals surface area contributed by atoms with Gasteiger partial charge in [-0.15, -0.1) is 0 Å². The Morgan fingerprint density at radius 3 is 2.43 bits per heavy atom. The second kappa shape index (κ2) is 6.69. The third-order valence-corrected chi connectivity index (χ3v) is 4.98. The number of anilines is 1. The van der Waals surface area contributed by atoms with E-state index in [-0.39, 0.29) is 5.56 Å². The van der Waals surface area contributed by atoms with Crippen LogP contribution in [0.5, 0.6) is 0 Å². The lowest BCUT2D eigenvalue weighted by molar-refractivity contribution is 0.606. The van der Waals surface area contributed by atoms with E-state index in [4.69, 9.17) is 4.42 Å². The highest BCUT2D eigenvalue weighted by Crippen LogP contribution is 2.37. The molecule has 4 aromatic rings. The zero-order chi connectivity index (χ0) is 19.9. The van der Waals surface area contributed by atoms with Gasteiger partial charge in [-0.1, -0.05) is 30.3 Å². The number of rotatable bonds is 4. The predicted molar refractivity (Wildman–Crippen MR) is 111 cm³/mol. The molecule has 0 amide bonds. The van der Waals surface area contributed by atoms with Crippen molar-refractivity contribution >= 4 is 26.7 Å². The number of hydrogen-bond donors (Lipinski definition) is 2. The van der Waals surface area contributed by atoms with Crippen LogP contribution in [0.3, 0.4) is 0 Å². The molecule has 0 fully saturated rings. The summed E-state index contributed by atoms with van der Waals surface area (Å²) in [5, 5.41) is 0.756. The lowest BCUT2D eigenvalue weighted by Gasteiger charge is -2.09. The largest absolute Gasteiger partial charge is 0.455 e. The van der Waals surface area contributed by atoms with Crippen molar-refractivity contribution in [2.75, 3.05) is 11.0 Å². The Hall–Kier alpha value is -3.32. The molecule has 0 atom stereocenters. The number of aromatic nitrogens is 1. The molecule has 0 aliphatic carbocycles. The number of H-pyrrole nitrogens is 1. The average Bonchev–Trinajstić information content (AvgIpc) is 3.07. The maximum absolute atomic E-state index is 11.7. The average molecular weight is 394 g/mol. The van der Waals surface area contributed by atoms with Gasteiger partial charge in [0.1, 0.15) is 11.3 Å². The van der Waals surface area contributed by atoms with E-state index in [1.54, 1.807) is 31.3 Å². The standard InChI is InChI=1S/C21H18N2O4S/c1-13-8-16(12-22-21(13)24)18-11-17(23-28(2,25)26)9-15-10-19(27-20(15)18)14-6-4-3-5-7-14/h3-12,23H,1-2H3,(H,22,24). The minimum absolute atomic E-state index is 0.171. The molecule has 0 unspecified atom stereocenters. The highest BCUT2D eigenvalue weighted by molar-refractivity contribution is 7.92. The van der Waals surface area contributed by atoms with Crippen molar-refractivity contribution in [3.63, 3.8) is 0 Å². The van der Waals surface area contributed by atoms with Crippen molar-refractivity contribution in [2.45, 2.75) is 6.92 Å². The summed E-state index contributed by atoms with van der Waals surface area (Å²) in [6, 6.07) is 16.7. The lowest BCUT2D eigenvalue weighted by atomic mass is 10.0. The smallest absolute Gasteiger partial charge is 0.250 e. The molecule has 0 spiro atoms. The van der Waals surface area contributed by atoms with Gasteiger partial charge in [-0.05, 0) is 31.2 Å². The van der Waals surface area contributed by atoms with Crippen LogP contribution in [-0.2, 0) is 10.0 Å². The Labute approximate surface area is 161 Å². The Balaban J connectivity index is 1.97. The minimum Gasteiger partial charge on any atom is -0.455 e. The number of furan rings is 1. The monoisotopic (exact) mass is 394 g/mol. The van der Waals surface area contributed by atoms with Gasteiger partial charge in [-0.2, -0.15) is 0 Å². The summed E-state index contributed by atoms with van der Waals surface area (Å²) < 4.78 is 32.1. The van der Waals surface area contributed by atoms with E-state index in [9.17, 15) is 13.2 Å². The van der Waals surface area contributed by atoms with Gasteiger partial charge in [-0.25, -0.2) is 8.42 Å². The van der Waals surface area contributed by atoms with Crippen LogP contribution >= 0.6 is 0 Å². The van der Waals surface area contributed by atoms with Crippen molar-refractivity contribution in [1.82, 2.24) is 4.98 Å². The fourth-order valence-corrected chi connectivity index (χ4v) is 3.68. The summed E-state index contributed by atoms with van der Waals surface area (Å²) in [7, 11) is -3.44. The molecule has 142 valence electrons. The molecular formula is C21H18N2O4S. The molecule has 28 heavy (non-hydrogen) atoms. The first-order chi connectivity index (χ1) is 13.3. The van der Waals surface area contributed by atoms with Crippen molar-refractivity contribution in [3.8, 4) is 22.5 Å². The first-order valence-electron chi connectivity index (χ1n) is 8.61. The molecule has 4 rings (SSSR count). The van der Waals surface area contributed by atoms with Crippen LogP contribution in [0.1, 0.15) is 5.56 Å². The number of sulfonamides is 1. The van der Waals surface area contributed by atoms with E-state index in [2.05, 4.69) is 9.71 Å². The van der Waals surface area contributed by atoms with Crippen molar-refractivity contribution in [3.05, 3.63) is 76.7 Å².